The topological polar surface area (TPSA) is 105 Å². The summed E-state index contributed by atoms with van der Waals surface area (Å²) < 4.78 is 17.9. The van der Waals surface area contributed by atoms with E-state index < -0.39 is 5.97 Å². The third-order valence-corrected chi connectivity index (χ3v) is 7.49. The second-order valence-electron chi connectivity index (χ2n) is 7.89. The Bertz CT molecular complexity index is 1420. The number of amides is 1. The Labute approximate surface area is 229 Å². The number of thioether (sulfide) groups is 1. The Balaban J connectivity index is 1.51. The molecule has 0 aliphatic heterocycles. The third-order valence-electron chi connectivity index (χ3n) is 5.63. The van der Waals surface area contributed by atoms with E-state index in [0.29, 0.717) is 46.0 Å². The first-order chi connectivity index (χ1) is 18.5. The number of aromatic nitrogens is 3. The maximum absolute atomic E-state index is 12.9. The van der Waals surface area contributed by atoms with Gasteiger partial charge in [0.1, 0.15) is 22.1 Å². The fraction of sp³-hybridized carbons (Fsp3) is 0.259. The van der Waals surface area contributed by atoms with E-state index in [-0.39, 0.29) is 11.7 Å². The van der Waals surface area contributed by atoms with Crippen LogP contribution in [0.3, 0.4) is 0 Å². The lowest BCUT2D eigenvalue weighted by Crippen LogP contribution is -2.16. The molecular weight excluding hydrogens is 524 g/mol. The highest BCUT2D eigenvalue weighted by Gasteiger charge is 2.23. The number of rotatable bonds is 11. The summed E-state index contributed by atoms with van der Waals surface area (Å²) in [4.78, 5) is 25.6. The summed E-state index contributed by atoms with van der Waals surface area (Å²) in [6.07, 6.45) is 0. The molecule has 38 heavy (non-hydrogen) atoms. The van der Waals surface area contributed by atoms with E-state index in [0.717, 1.165) is 16.9 Å². The van der Waals surface area contributed by atoms with Gasteiger partial charge in [0.15, 0.2) is 11.0 Å². The van der Waals surface area contributed by atoms with Crippen LogP contribution >= 0.6 is 23.1 Å². The molecule has 1 amide bonds. The van der Waals surface area contributed by atoms with Crippen LogP contribution in [0.4, 0.5) is 5.00 Å². The summed E-state index contributed by atoms with van der Waals surface area (Å²) in [7, 11) is 2.91. The number of thiophene rings is 1. The van der Waals surface area contributed by atoms with Gasteiger partial charge in [-0.05, 0) is 43.7 Å². The second-order valence-corrected chi connectivity index (χ2v) is 9.71. The minimum absolute atomic E-state index is 0.0849. The average Bonchev–Trinajstić information content (AvgIpc) is 3.56. The molecule has 0 bridgehead atoms. The van der Waals surface area contributed by atoms with Crippen LogP contribution in [0, 0.1) is 0 Å². The van der Waals surface area contributed by atoms with Crippen LogP contribution in [-0.4, -0.2) is 53.2 Å². The van der Waals surface area contributed by atoms with Gasteiger partial charge in [-0.15, -0.1) is 21.5 Å². The Hall–Kier alpha value is -3.83. The van der Waals surface area contributed by atoms with E-state index in [2.05, 4.69) is 15.5 Å². The number of methoxy groups -OCH3 is 2. The van der Waals surface area contributed by atoms with Crippen LogP contribution in [-0.2, 0) is 16.1 Å². The van der Waals surface area contributed by atoms with Gasteiger partial charge in [-0.2, -0.15) is 0 Å². The SMILES string of the molecule is CCOc1ccccc1-c1nnc(SCC(=O)Nc2scc(-c3ccc(OC)cc3)c2C(=O)OC)n1CC. The lowest BCUT2D eigenvalue weighted by Gasteiger charge is -2.11. The molecule has 2 aromatic heterocycles. The first-order valence-corrected chi connectivity index (χ1v) is 13.8. The molecule has 0 aliphatic carbocycles. The molecule has 2 aromatic carbocycles. The largest absolute Gasteiger partial charge is 0.497 e. The minimum atomic E-state index is -0.525. The molecular formula is C27H28N4O5S2. The Morgan fingerprint density at radius 3 is 2.47 bits per heavy atom. The monoisotopic (exact) mass is 552 g/mol. The van der Waals surface area contributed by atoms with Gasteiger partial charge >= 0.3 is 5.97 Å². The summed E-state index contributed by atoms with van der Waals surface area (Å²) >= 11 is 2.54. The highest BCUT2D eigenvalue weighted by Crippen LogP contribution is 2.37. The number of carbonyl (C=O) groups excluding carboxylic acids is 2. The average molecular weight is 553 g/mol. The van der Waals surface area contributed by atoms with Crippen molar-refractivity contribution in [2.24, 2.45) is 0 Å². The summed E-state index contributed by atoms with van der Waals surface area (Å²) in [6.45, 7) is 5.08. The van der Waals surface area contributed by atoms with Crippen LogP contribution in [0.5, 0.6) is 11.5 Å². The zero-order chi connectivity index (χ0) is 27.1. The number of nitrogens with zero attached hydrogens (tertiary/aromatic N) is 3. The predicted molar refractivity (Wildman–Crippen MR) is 149 cm³/mol. The van der Waals surface area contributed by atoms with Gasteiger partial charge in [-0.3, -0.25) is 4.79 Å². The summed E-state index contributed by atoms with van der Waals surface area (Å²) in [5.41, 5.74) is 2.64. The summed E-state index contributed by atoms with van der Waals surface area (Å²) in [6, 6.07) is 15.0. The molecule has 0 saturated heterocycles. The molecule has 0 unspecified atom stereocenters. The van der Waals surface area contributed by atoms with Crippen molar-refractivity contribution >= 4 is 40.0 Å². The summed E-state index contributed by atoms with van der Waals surface area (Å²) in [5, 5.41) is 14.4. The molecule has 0 atom stereocenters. The van der Waals surface area contributed by atoms with Crippen LogP contribution in [0.1, 0.15) is 24.2 Å². The van der Waals surface area contributed by atoms with Gasteiger partial charge in [-0.1, -0.05) is 36.0 Å². The highest BCUT2D eigenvalue weighted by molar-refractivity contribution is 7.99. The third kappa shape index (κ3) is 5.84. The number of esters is 1. The molecule has 2 heterocycles. The number of carbonyl (C=O) groups is 2. The molecule has 9 nitrogen and oxygen atoms in total. The Morgan fingerprint density at radius 2 is 1.79 bits per heavy atom. The Kier molecular flexibility index (Phi) is 9.03. The van der Waals surface area contributed by atoms with Gasteiger partial charge in [-0.25, -0.2) is 4.79 Å². The standard InChI is InChI=1S/C27H28N4O5S2/c1-5-31-24(19-9-7-8-10-21(19)36-6-2)29-30-27(31)38-16-22(32)28-25-23(26(33)35-4)20(15-37-25)17-11-13-18(34-3)14-12-17/h7-15H,5-6,16H2,1-4H3,(H,28,32). The van der Waals surface area contributed by atoms with E-state index in [1.807, 2.05) is 72.3 Å². The van der Waals surface area contributed by atoms with Crippen molar-refractivity contribution in [1.29, 1.82) is 0 Å². The van der Waals surface area contributed by atoms with Gasteiger partial charge < -0.3 is 24.1 Å². The quantitative estimate of drug-likeness (QED) is 0.189. The van der Waals surface area contributed by atoms with Crippen molar-refractivity contribution in [2.75, 3.05) is 31.9 Å². The van der Waals surface area contributed by atoms with Gasteiger partial charge in [0.25, 0.3) is 0 Å². The molecule has 198 valence electrons. The van der Waals surface area contributed by atoms with E-state index in [1.54, 1.807) is 7.11 Å². The summed E-state index contributed by atoms with van der Waals surface area (Å²) in [5.74, 6) is 1.40. The van der Waals surface area contributed by atoms with Gasteiger partial charge in [0.2, 0.25) is 5.91 Å². The first kappa shape index (κ1) is 27.2. The minimum Gasteiger partial charge on any atom is -0.497 e. The fourth-order valence-electron chi connectivity index (χ4n) is 3.84. The number of ether oxygens (including phenoxy) is 3. The lowest BCUT2D eigenvalue weighted by molar-refractivity contribution is -0.113. The molecule has 0 saturated carbocycles. The van der Waals surface area contributed by atoms with E-state index >= 15 is 0 Å². The molecule has 1 N–H and O–H groups in total. The highest BCUT2D eigenvalue weighted by atomic mass is 32.2. The van der Waals surface area contributed by atoms with Crippen molar-refractivity contribution in [2.45, 2.75) is 25.5 Å². The number of hydrogen-bond donors (Lipinski definition) is 1. The van der Waals surface area contributed by atoms with Crippen molar-refractivity contribution in [3.8, 4) is 34.0 Å². The van der Waals surface area contributed by atoms with E-state index in [1.165, 1.54) is 30.2 Å². The van der Waals surface area contributed by atoms with Crippen LogP contribution < -0.4 is 14.8 Å². The van der Waals surface area contributed by atoms with Crippen molar-refractivity contribution in [1.82, 2.24) is 14.8 Å². The fourth-order valence-corrected chi connectivity index (χ4v) is 5.62. The molecule has 0 aliphatic rings. The number of para-hydroxylation sites is 1. The number of hydrogen-bond acceptors (Lipinski definition) is 9. The zero-order valence-corrected chi connectivity index (χ0v) is 23.1. The zero-order valence-electron chi connectivity index (χ0n) is 21.5. The lowest BCUT2D eigenvalue weighted by atomic mass is 10.0. The van der Waals surface area contributed by atoms with Gasteiger partial charge in [0.05, 0.1) is 32.1 Å². The Morgan fingerprint density at radius 1 is 1.03 bits per heavy atom. The van der Waals surface area contributed by atoms with Crippen molar-refractivity contribution in [3.05, 3.63) is 59.5 Å². The van der Waals surface area contributed by atoms with Crippen molar-refractivity contribution in [3.63, 3.8) is 0 Å². The smallest absolute Gasteiger partial charge is 0.341 e. The predicted octanol–water partition coefficient (Wildman–Crippen LogP) is 5.62. The normalized spacial score (nSPS) is 10.7. The molecule has 4 rings (SSSR count). The molecule has 0 fully saturated rings. The number of benzene rings is 2. The van der Waals surface area contributed by atoms with Crippen LogP contribution in [0.25, 0.3) is 22.5 Å². The number of anilines is 1. The van der Waals surface area contributed by atoms with Crippen LogP contribution in [0.2, 0.25) is 0 Å². The molecule has 0 radical (unpaired) electrons. The number of nitrogens with one attached hydrogen (secondary N) is 1. The van der Waals surface area contributed by atoms with Gasteiger partial charge in [0, 0.05) is 17.5 Å². The maximum Gasteiger partial charge on any atom is 0.341 e. The molecule has 0 spiro atoms. The van der Waals surface area contributed by atoms with Crippen molar-refractivity contribution < 1.29 is 23.8 Å². The van der Waals surface area contributed by atoms with E-state index in [9.17, 15) is 9.59 Å². The second kappa shape index (κ2) is 12.6. The van der Waals surface area contributed by atoms with Crippen LogP contribution in [0.15, 0.2) is 59.1 Å². The first-order valence-electron chi connectivity index (χ1n) is 11.9. The molecule has 11 heteroatoms. The molecule has 4 aromatic rings. The maximum atomic E-state index is 12.9. The van der Waals surface area contributed by atoms with E-state index in [4.69, 9.17) is 14.2 Å².